The van der Waals surface area contributed by atoms with Crippen molar-refractivity contribution in [3.8, 4) is 0 Å². The van der Waals surface area contributed by atoms with Crippen molar-refractivity contribution in [1.82, 2.24) is 9.80 Å². The highest BCUT2D eigenvalue weighted by molar-refractivity contribution is 7.81. The van der Waals surface area contributed by atoms with Gasteiger partial charge >= 0.3 is 0 Å². The van der Waals surface area contributed by atoms with E-state index in [4.69, 9.17) is 0 Å². The van der Waals surface area contributed by atoms with Crippen molar-refractivity contribution >= 4 is 18.5 Å². The summed E-state index contributed by atoms with van der Waals surface area (Å²) in [6, 6.07) is 0. The first-order valence-corrected chi connectivity index (χ1v) is 7.45. The quantitative estimate of drug-likeness (QED) is 0.775. The fraction of sp³-hybridized carbons (Fsp3) is 0.923. The van der Waals surface area contributed by atoms with Gasteiger partial charge in [0.15, 0.2) is 0 Å². The Morgan fingerprint density at radius 2 is 1.82 bits per heavy atom. The highest BCUT2D eigenvalue weighted by Gasteiger charge is 2.26. The average Bonchev–Trinajstić information content (AvgIpc) is 2.54. The number of hydrogen-bond donors (Lipinski definition) is 1. The van der Waals surface area contributed by atoms with Crippen LogP contribution in [0.25, 0.3) is 0 Å². The van der Waals surface area contributed by atoms with Crippen molar-refractivity contribution in [2.45, 2.75) is 43.8 Å². The minimum Gasteiger partial charge on any atom is -0.342 e. The topological polar surface area (TPSA) is 23.6 Å². The predicted octanol–water partition coefficient (Wildman–Crippen LogP) is 1.78. The number of hydrogen-bond acceptors (Lipinski definition) is 3. The molecular weight excluding hydrogens is 232 g/mol. The van der Waals surface area contributed by atoms with Crippen molar-refractivity contribution in [2.75, 3.05) is 32.7 Å². The summed E-state index contributed by atoms with van der Waals surface area (Å²) in [5.74, 6) is 0.292. The molecule has 17 heavy (non-hydrogen) atoms. The van der Waals surface area contributed by atoms with E-state index in [1.165, 1.54) is 38.8 Å². The van der Waals surface area contributed by atoms with Gasteiger partial charge in [-0.25, -0.2) is 0 Å². The number of nitrogens with zero attached hydrogens (tertiary/aromatic N) is 2. The van der Waals surface area contributed by atoms with Crippen molar-refractivity contribution < 1.29 is 4.79 Å². The third kappa shape index (κ3) is 4.18. The molecule has 0 aliphatic carbocycles. The Kier molecular flexibility index (Phi) is 5.16. The predicted molar refractivity (Wildman–Crippen MR) is 73.5 cm³/mol. The molecular formula is C13H24N2OS. The Morgan fingerprint density at radius 1 is 1.12 bits per heavy atom. The number of thiol groups is 1. The molecule has 2 fully saturated rings. The molecule has 0 aromatic carbocycles. The molecule has 2 aliphatic heterocycles. The lowest BCUT2D eigenvalue weighted by Crippen LogP contribution is -2.31. The molecule has 3 nitrogen and oxygen atoms in total. The van der Waals surface area contributed by atoms with Gasteiger partial charge in [0.05, 0.1) is 0 Å². The summed E-state index contributed by atoms with van der Waals surface area (Å²) in [5.41, 5.74) is 0. The number of likely N-dealkylation sites (tertiary alicyclic amines) is 2. The Balaban J connectivity index is 1.63. The monoisotopic (exact) mass is 256 g/mol. The standard InChI is InChI=1S/C13H24N2OS/c16-13-10-12(17)11-15(13)9-5-8-14-6-3-1-2-4-7-14/h12,17H,1-11H2. The van der Waals surface area contributed by atoms with Crippen LogP contribution in [-0.4, -0.2) is 53.7 Å². The van der Waals surface area contributed by atoms with Crippen LogP contribution in [0.5, 0.6) is 0 Å². The lowest BCUT2D eigenvalue weighted by atomic mass is 10.2. The van der Waals surface area contributed by atoms with E-state index in [-0.39, 0.29) is 5.25 Å². The van der Waals surface area contributed by atoms with Gasteiger partial charge in [0, 0.05) is 24.8 Å². The van der Waals surface area contributed by atoms with Crippen LogP contribution >= 0.6 is 12.6 Å². The SMILES string of the molecule is O=C1CC(S)CN1CCCN1CCCCCC1. The van der Waals surface area contributed by atoms with Crippen LogP contribution in [0.3, 0.4) is 0 Å². The van der Waals surface area contributed by atoms with Gasteiger partial charge in [-0.2, -0.15) is 12.6 Å². The van der Waals surface area contributed by atoms with Gasteiger partial charge in [0.25, 0.3) is 0 Å². The molecule has 4 heteroatoms. The van der Waals surface area contributed by atoms with Crippen LogP contribution in [0.2, 0.25) is 0 Å². The fourth-order valence-corrected chi connectivity index (χ4v) is 3.17. The molecule has 2 aliphatic rings. The van der Waals surface area contributed by atoms with E-state index in [0.29, 0.717) is 12.3 Å². The molecule has 0 aromatic rings. The molecule has 2 heterocycles. The molecule has 0 bridgehead atoms. The van der Waals surface area contributed by atoms with Gasteiger partial charge in [-0.1, -0.05) is 12.8 Å². The first-order valence-electron chi connectivity index (χ1n) is 6.94. The fourth-order valence-electron chi connectivity index (χ4n) is 2.81. The third-order valence-corrected chi connectivity index (χ3v) is 4.14. The summed E-state index contributed by atoms with van der Waals surface area (Å²) in [6.45, 7) is 5.43. The zero-order chi connectivity index (χ0) is 12.1. The van der Waals surface area contributed by atoms with E-state index in [2.05, 4.69) is 17.5 Å². The van der Waals surface area contributed by atoms with Crippen LogP contribution < -0.4 is 0 Å². The summed E-state index contributed by atoms with van der Waals surface area (Å²) >= 11 is 4.38. The van der Waals surface area contributed by atoms with Gasteiger partial charge < -0.3 is 9.80 Å². The first kappa shape index (κ1) is 13.2. The molecule has 0 N–H and O–H groups in total. The molecule has 1 amide bonds. The van der Waals surface area contributed by atoms with Crippen molar-refractivity contribution in [3.05, 3.63) is 0 Å². The minimum absolute atomic E-state index is 0.265. The maximum absolute atomic E-state index is 11.6. The maximum atomic E-state index is 11.6. The Hall–Kier alpha value is -0.220. The zero-order valence-corrected chi connectivity index (χ0v) is 11.5. The lowest BCUT2D eigenvalue weighted by molar-refractivity contribution is -0.127. The van der Waals surface area contributed by atoms with Crippen LogP contribution in [0.15, 0.2) is 0 Å². The largest absolute Gasteiger partial charge is 0.342 e. The Labute approximate surface area is 110 Å². The Morgan fingerprint density at radius 3 is 2.41 bits per heavy atom. The number of amides is 1. The van der Waals surface area contributed by atoms with Gasteiger partial charge in [-0.15, -0.1) is 0 Å². The summed E-state index contributed by atoms with van der Waals surface area (Å²) in [6.07, 6.45) is 7.23. The van der Waals surface area contributed by atoms with E-state index in [0.717, 1.165) is 26.1 Å². The number of rotatable bonds is 4. The summed E-state index contributed by atoms with van der Waals surface area (Å²) in [4.78, 5) is 16.1. The third-order valence-electron chi connectivity index (χ3n) is 3.80. The summed E-state index contributed by atoms with van der Waals surface area (Å²) in [5, 5.41) is 0.265. The van der Waals surface area contributed by atoms with Crippen molar-refractivity contribution in [1.29, 1.82) is 0 Å². The van der Waals surface area contributed by atoms with Gasteiger partial charge in [-0.05, 0) is 38.9 Å². The highest BCUT2D eigenvalue weighted by atomic mass is 32.1. The summed E-state index contributed by atoms with van der Waals surface area (Å²) in [7, 11) is 0. The molecule has 0 aromatic heterocycles. The van der Waals surface area contributed by atoms with E-state index in [1.54, 1.807) is 0 Å². The second-order valence-electron chi connectivity index (χ2n) is 5.31. The molecule has 0 spiro atoms. The average molecular weight is 256 g/mol. The van der Waals surface area contributed by atoms with Crippen LogP contribution in [0.1, 0.15) is 38.5 Å². The van der Waals surface area contributed by atoms with Crippen LogP contribution in [-0.2, 0) is 4.79 Å². The number of carbonyl (C=O) groups is 1. The van der Waals surface area contributed by atoms with Gasteiger partial charge in [0.2, 0.25) is 5.91 Å². The van der Waals surface area contributed by atoms with E-state index < -0.39 is 0 Å². The molecule has 1 atom stereocenters. The molecule has 0 radical (unpaired) electrons. The molecule has 2 rings (SSSR count). The van der Waals surface area contributed by atoms with Gasteiger partial charge in [0.1, 0.15) is 0 Å². The number of carbonyl (C=O) groups excluding carboxylic acids is 1. The van der Waals surface area contributed by atoms with Gasteiger partial charge in [-0.3, -0.25) is 4.79 Å². The molecule has 98 valence electrons. The maximum Gasteiger partial charge on any atom is 0.223 e. The van der Waals surface area contributed by atoms with Crippen molar-refractivity contribution in [3.63, 3.8) is 0 Å². The molecule has 2 saturated heterocycles. The van der Waals surface area contributed by atoms with Crippen LogP contribution in [0, 0.1) is 0 Å². The molecule has 0 saturated carbocycles. The van der Waals surface area contributed by atoms with E-state index in [1.807, 2.05) is 4.90 Å². The smallest absolute Gasteiger partial charge is 0.223 e. The minimum atomic E-state index is 0.265. The molecule has 1 unspecified atom stereocenters. The van der Waals surface area contributed by atoms with Crippen LogP contribution in [0.4, 0.5) is 0 Å². The second kappa shape index (κ2) is 6.64. The Bertz CT molecular complexity index is 252. The lowest BCUT2D eigenvalue weighted by Gasteiger charge is -2.22. The zero-order valence-electron chi connectivity index (χ0n) is 10.6. The van der Waals surface area contributed by atoms with E-state index >= 15 is 0 Å². The first-order chi connectivity index (χ1) is 8.25. The second-order valence-corrected chi connectivity index (χ2v) is 6.04. The summed E-state index contributed by atoms with van der Waals surface area (Å²) < 4.78 is 0. The van der Waals surface area contributed by atoms with E-state index in [9.17, 15) is 4.79 Å². The highest BCUT2D eigenvalue weighted by Crippen LogP contribution is 2.16. The van der Waals surface area contributed by atoms with Crippen molar-refractivity contribution in [2.24, 2.45) is 0 Å². The normalized spacial score (nSPS) is 27.5.